The highest BCUT2D eigenvalue weighted by molar-refractivity contribution is 9.10. The topological polar surface area (TPSA) is 39.2 Å². The Morgan fingerprint density at radius 2 is 2.26 bits per heavy atom. The van der Waals surface area contributed by atoms with Gasteiger partial charge in [-0.05, 0) is 52.9 Å². The standard InChI is InChI=1S/C14H12BrNO2S/c15-11-4-9(6-16-7-11)8-18-14(17)13-5-10-2-1-3-12(10)19-13/h4-7H,1-3,8H2. The lowest BCUT2D eigenvalue weighted by molar-refractivity contribution is 0.0478. The normalized spacial score (nSPS) is 13.3. The fourth-order valence-electron chi connectivity index (χ4n) is 2.18. The largest absolute Gasteiger partial charge is 0.457 e. The summed E-state index contributed by atoms with van der Waals surface area (Å²) in [5.41, 5.74) is 2.20. The molecule has 2 aromatic rings. The Labute approximate surface area is 123 Å². The van der Waals surface area contributed by atoms with Gasteiger partial charge in [0.05, 0.1) is 0 Å². The highest BCUT2D eigenvalue weighted by Gasteiger charge is 2.19. The van der Waals surface area contributed by atoms with E-state index in [9.17, 15) is 4.79 Å². The predicted octanol–water partition coefficient (Wildman–Crippen LogP) is 3.75. The van der Waals surface area contributed by atoms with Crippen molar-refractivity contribution >= 4 is 33.2 Å². The number of aromatic nitrogens is 1. The number of carbonyl (C=O) groups excluding carboxylic acids is 1. The van der Waals surface area contributed by atoms with Gasteiger partial charge in [0.25, 0.3) is 0 Å². The molecule has 0 amide bonds. The number of carbonyl (C=O) groups is 1. The van der Waals surface area contributed by atoms with Gasteiger partial charge < -0.3 is 4.74 Å². The molecule has 0 fully saturated rings. The van der Waals surface area contributed by atoms with E-state index in [0.29, 0.717) is 4.88 Å². The number of hydrogen-bond acceptors (Lipinski definition) is 4. The minimum Gasteiger partial charge on any atom is -0.457 e. The third-order valence-corrected chi connectivity index (χ3v) is 4.73. The number of esters is 1. The molecule has 0 saturated heterocycles. The van der Waals surface area contributed by atoms with Crippen LogP contribution in [0.25, 0.3) is 0 Å². The van der Waals surface area contributed by atoms with E-state index >= 15 is 0 Å². The van der Waals surface area contributed by atoms with Gasteiger partial charge in [-0.1, -0.05) is 0 Å². The number of fused-ring (bicyclic) bond motifs is 1. The number of pyridine rings is 1. The minimum absolute atomic E-state index is 0.237. The first-order valence-electron chi connectivity index (χ1n) is 6.10. The highest BCUT2D eigenvalue weighted by atomic mass is 79.9. The second-order valence-electron chi connectivity index (χ2n) is 4.50. The molecule has 0 spiro atoms. The second kappa shape index (κ2) is 5.43. The van der Waals surface area contributed by atoms with Crippen LogP contribution in [0, 0.1) is 0 Å². The predicted molar refractivity (Wildman–Crippen MR) is 77.4 cm³/mol. The quantitative estimate of drug-likeness (QED) is 0.800. The third kappa shape index (κ3) is 2.87. The molecular formula is C14H12BrNO2S. The lowest BCUT2D eigenvalue weighted by Gasteiger charge is -2.03. The molecule has 0 aromatic carbocycles. The maximum absolute atomic E-state index is 12.0. The fraction of sp³-hybridized carbons (Fsp3) is 0.286. The Morgan fingerprint density at radius 3 is 3.05 bits per heavy atom. The van der Waals surface area contributed by atoms with Crippen LogP contribution in [-0.2, 0) is 24.2 Å². The first-order valence-corrected chi connectivity index (χ1v) is 7.71. The minimum atomic E-state index is -0.237. The summed E-state index contributed by atoms with van der Waals surface area (Å²) in [6, 6.07) is 3.88. The van der Waals surface area contributed by atoms with Crippen molar-refractivity contribution in [3.05, 3.63) is 49.9 Å². The van der Waals surface area contributed by atoms with Crippen molar-refractivity contribution in [2.45, 2.75) is 25.9 Å². The summed E-state index contributed by atoms with van der Waals surface area (Å²) in [5, 5.41) is 0. The van der Waals surface area contributed by atoms with Crippen LogP contribution in [-0.4, -0.2) is 11.0 Å². The molecule has 3 rings (SSSR count). The highest BCUT2D eigenvalue weighted by Crippen LogP contribution is 2.31. The van der Waals surface area contributed by atoms with Gasteiger partial charge in [0.1, 0.15) is 11.5 Å². The summed E-state index contributed by atoms with van der Waals surface area (Å²) in [4.78, 5) is 18.1. The van der Waals surface area contributed by atoms with Crippen LogP contribution in [0.15, 0.2) is 29.0 Å². The molecule has 0 atom stereocenters. The third-order valence-electron chi connectivity index (χ3n) is 3.08. The molecule has 1 aliphatic carbocycles. The Kier molecular flexibility index (Phi) is 3.66. The maximum Gasteiger partial charge on any atom is 0.348 e. The van der Waals surface area contributed by atoms with Gasteiger partial charge in [-0.3, -0.25) is 4.98 Å². The molecular weight excluding hydrogens is 326 g/mol. The van der Waals surface area contributed by atoms with Crippen LogP contribution in [0.1, 0.15) is 32.1 Å². The van der Waals surface area contributed by atoms with Crippen LogP contribution in [0.4, 0.5) is 0 Å². The number of rotatable bonds is 3. The lowest BCUT2D eigenvalue weighted by Crippen LogP contribution is -2.03. The van der Waals surface area contributed by atoms with Crippen molar-refractivity contribution in [1.29, 1.82) is 0 Å². The number of hydrogen-bond donors (Lipinski definition) is 0. The molecule has 2 aromatic heterocycles. The molecule has 19 heavy (non-hydrogen) atoms. The molecule has 0 radical (unpaired) electrons. The van der Waals surface area contributed by atoms with Gasteiger partial charge in [0, 0.05) is 27.3 Å². The van der Waals surface area contributed by atoms with E-state index in [-0.39, 0.29) is 12.6 Å². The zero-order valence-corrected chi connectivity index (χ0v) is 12.6. The number of ether oxygens (including phenoxy) is 1. The molecule has 0 bridgehead atoms. The molecule has 98 valence electrons. The van der Waals surface area contributed by atoms with Crippen molar-refractivity contribution in [3.8, 4) is 0 Å². The lowest BCUT2D eigenvalue weighted by atomic mass is 10.2. The van der Waals surface area contributed by atoms with Crippen molar-refractivity contribution in [2.24, 2.45) is 0 Å². The molecule has 3 nitrogen and oxygen atoms in total. The summed E-state index contributed by atoms with van der Waals surface area (Å²) in [7, 11) is 0. The van der Waals surface area contributed by atoms with Crippen molar-refractivity contribution < 1.29 is 9.53 Å². The van der Waals surface area contributed by atoms with Gasteiger partial charge in [0.2, 0.25) is 0 Å². The molecule has 0 N–H and O–H groups in total. The average Bonchev–Trinajstić information content (AvgIpc) is 2.96. The van der Waals surface area contributed by atoms with Gasteiger partial charge in [-0.15, -0.1) is 11.3 Å². The number of thiophene rings is 1. The average molecular weight is 338 g/mol. The van der Waals surface area contributed by atoms with Crippen LogP contribution >= 0.6 is 27.3 Å². The first kappa shape index (κ1) is 12.8. The summed E-state index contributed by atoms with van der Waals surface area (Å²) >= 11 is 4.91. The number of halogens is 1. The van der Waals surface area contributed by atoms with E-state index in [2.05, 4.69) is 20.9 Å². The number of nitrogens with zero attached hydrogens (tertiary/aromatic N) is 1. The van der Waals surface area contributed by atoms with Gasteiger partial charge in [-0.2, -0.15) is 0 Å². The molecule has 5 heteroatoms. The molecule has 1 aliphatic rings. The van der Waals surface area contributed by atoms with Crippen LogP contribution < -0.4 is 0 Å². The summed E-state index contributed by atoms with van der Waals surface area (Å²) < 4.78 is 6.20. The molecule has 0 saturated carbocycles. The van der Waals surface area contributed by atoms with E-state index in [1.165, 1.54) is 16.9 Å². The summed E-state index contributed by atoms with van der Waals surface area (Å²) in [6.07, 6.45) is 6.80. The SMILES string of the molecule is O=C(OCc1cncc(Br)c1)c1cc2c(s1)CCC2. The van der Waals surface area contributed by atoms with Gasteiger partial charge >= 0.3 is 5.97 Å². The monoisotopic (exact) mass is 337 g/mol. The summed E-state index contributed by atoms with van der Waals surface area (Å²) in [6.45, 7) is 0.258. The van der Waals surface area contributed by atoms with Crippen LogP contribution in [0.2, 0.25) is 0 Å². The Balaban J connectivity index is 1.65. The molecule has 0 unspecified atom stereocenters. The van der Waals surface area contributed by atoms with Gasteiger partial charge in [-0.25, -0.2) is 4.79 Å². The maximum atomic E-state index is 12.0. The summed E-state index contributed by atoms with van der Waals surface area (Å²) in [5.74, 6) is -0.237. The van der Waals surface area contributed by atoms with Crippen molar-refractivity contribution in [1.82, 2.24) is 4.98 Å². The van der Waals surface area contributed by atoms with Crippen LogP contribution in [0.5, 0.6) is 0 Å². The number of aryl methyl sites for hydroxylation is 2. The van der Waals surface area contributed by atoms with E-state index in [0.717, 1.165) is 22.9 Å². The van der Waals surface area contributed by atoms with E-state index in [1.807, 2.05) is 12.1 Å². The van der Waals surface area contributed by atoms with Crippen molar-refractivity contribution in [2.75, 3.05) is 0 Å². The Morgan fingerprint density at radius 1 is 1.37 bits per heavy atom. The molecule has 2 heterocycles. The smallest absolute Gasteiger partial charge is 0.348 e. The van der Waals surface area contributed by atoms with E-state index in [1.54, 1.807) is 23.7 Å². The second-order valence-corrected chi connectivity index (χ2v) is 6.55. The fourth-order valence-corrected chi connectivity index (χ4v) is 3.74. The zero-order valence-electron chi connectivity index (χ0n) is 10.2. The Hall–Kier alpha value is -1.20. The van der Waals surface area contributed by atoms with Gasteiger partial charge in [0.15, 0.2) is 0 Å². The van der Waals surface area contributed by atoms with Crippen molar-refractivity contribution in [3.63, 3.8) is 0 Å². The molecule has 0 aliphatic heterocycles. The van der Waals surface area contributed by atoms with E-state index in [4.69, 9.17) is 4.74 Å². The first-order chi connectivity index (χ1) is 9.22. The van der Waals surface area contributed by atoms with E-state index < -0.39 is 0 Å². The van der Waals surface area contributed by atoms with Crippen LogP contribution in [0.3, 0.4) is 0 Å². The Bertz CT molecular complexity index is 602. The zero-order chi connectivity index (χ0) is 13.2.